The van der Waals surface area contributed by atoms with E-state index in [0.29, 0.717) is 44.6 Å². The SMILES string of the molecule is CCOC(=O)[C@H](CCCCNC(=O)OC(C)(C)C)NC(=O)[C@@H](C)CCCCN=C(C)N. The average Bonchev–Trinajstić information content (AvgIpc) is 2.64. The van der Waals surface area contributed by atoms with Crippen LogP contribution < -0.4 is 16.4 Å². The summed E-state index contributed by atoms with van der Waals surface area (Å²) in [5, 5.41) is 5.50. The number of ether oxygens (including phenoxy) is 2. The lowest BCUT2D eigenvalue weighted by Crippen LogP contribution is -2.44. The second-order valence-electron chi connectivity index (χ2n) is 8.66. The zero-order valence-electron chi connectivity index (χ0n) is 20.1. The van der Waals surface area contributed by atoms with E-state index in [9.17, 15) is 14.4 Å². The van der Waals surface area contributed by atoms with Crippen LogP contribution in [0, 0.1) is 5.92 Å². The molecule has 0 aliphatic rings. The van der Waals surface area contributed by atoms with Crippen LogP contribution in [0.2, 0.25) is 0 Å². The first-order valence-electron chi connectivity index (χ1n) is 11.2. The van der Waals surface area contributed by atoms with E-state index in [1.165, 1.54) is 0 Å². The number of carbonyl (C=O) groups is 3. The molecule has 0 aliphatic heterocycles. The summed E-state index contributed by atoms with van der Waals surface area (Å²) < 4.78 is 10.3. The van der Waals surface area contributed by atoms with Crippen LogP contribution >= 0.6 is 0 Å². The molecule has 9 nitrogen and oxygen atoms in total. The minimum Gasteiger partial charge on any atom is -0.464 e. The number of unbranched alkanes of at least 4 members (excludes halogenated alkanes) is 2. The lowest BCUT2D eigenvalue weighted by molar-refractivity contribution is -0.148. The van der Waals surface area contributed by atoms with Crippen LogP contribution in [0.5, 0.6) is 0 Å². The monoisotopic (exact) mass is 442 g/mol. The molecular formula is C22H42N4O5. The van der Waals surface area contributed by atoms with Gasteiger partial charge in [-0.05, 0) is 66.7 Å². The summed E-state index contributed by atoms with van der Waals surface area (Å²) in [6.45, 7) is 12.1. The van der Waals surface area contributed by atoms with E-state index in [1.807, 2.05) is 6.92 Å². The van der Waals surface area contributed by atoms with Gasteiger partial charge in [-0.25, -0.2) is 9.59 Å². The quantitative estimate of drug-likeness (QED) is 0.164. The minimum atomic E-state index is -0.694. The summed E-state index contributed by atoms with van der Waals surface area (Å²) in [6.07, 6.45) is 3.69. The second kappa shape index (κ2) is 15.5. The van der Waals surface area contributed by atoms with Crippen molar-refractivity contribution in [2.75, 3.05) is 19.7 Å². The zero-order chi connectivity index (χ0) is 23.9. The van der Waals surface area contributed by atoms with Crippen LogP contribution in [0.1, 0.15) is 80.1 Å². The molecule has 2 atom stereocenters. The van der Waals surface area contributed by atoms with E-state index in [1.54, 1.807) is 34.6 Å². The maximum atomic E-state index is 12.5. The Kier molecular flexibility index (Phi) is 14.3. The number of nitrogens with one attached hydrogen (secondary N) is 2. The molecule has 0 aromatic carbocycles. The Morgan fingerprint density at radius 2 is 1.71 bits per heavy atom. The summed E-state index contributed by atoms with van der Waals surface area (Å²) >= 11 is 0. The van der Waals surface area contributed by atoms with Gasteiger partial charge < -0.3 is 25.8 Å². The number of alkyl carbamates (subject to hydrolysis) is 1. The van der Waals surface area contributed by atoms with Crippen LogP contribution in [0.25, 0.3) is 0 Å². The fraction of sp³-hybridized carbons (Fsp3) is 0.818. The summed E-state index contributed by atoms with van der Waals surface area (Å²) in [6, 6.07) is -0.694. The van der Waals surface area contributed by atoms with Crippen molar-refractivity contribution >= 4 is 23.8 Å². The van der Waals surface area contributed by atoms with E-state index in [2.05, 4.69) is 15.6 Å². The zero-order valence-corrected chi connectivity index (χ0v) is 20.1. The van der Waals surface area contributed by atoms with Crippen molar-refractivity contribution in [3.8, 4) is 0 Å². The van der Waals surface area contributed by atoms with Gasteiger partial charge in [0.25, 0.3) is 0 Å². The predicted octanol–water partition coefficient (Wildman–Crippen LogP) is 2.91. The van der Waals surface area contributed by atoms with Crippen LogP contribution in [0.3, 0.4) is 0 Å². The average molecular weight is 443 g/mol. The lowest BCUT2D eigenvalue weighted by Gasteiger charge is -2.20. The summed E-state index contributed by atoms with van der Waals surface area (Å²) in [4.78, 5) is 40.5. The molecular weight excluding hydrogens is 400 g/mol. The number of hydrogen-bond donors (Lipinski definition) is 3. The van der Waals surface area contributed by atoms with Crippen molar-refractivity contribution in [3.63, 3.8) is 0 Å². The first kappa shape index (κ1) is 28.7. The molecule has 0 radical (unpaired) electrons. The number of rotatable bonds is 14. The maximum Gasteiger partial charge on any atom is 0.407 e. The number of aliphatic imine (C=N–C) groups is 1. The molecule has 0 saturated heterocycles. The molecule has 0 aromatic rings. The lowest BCUT2D eigenvalue weighted by atomic mass is 10.0. The third-order valence-electron chi connectivity index (χ3n) is 4.33. The number of esters is 1. The molecule has 0 fully saturated rings. The number of carbonyl (C=O) groups excluding carboxylic acids is 3. The van der Waals surface area contributed by atoms with Gasteiger partial charge in [-0.3, -0.25) is 9.79 Å². The van der Waals surface area contributed by atoms with Gasteiger partial charge in [-0.2, -0.15) is 0 Å². The Morgan fingerprint density at radius 3 is 2.29 bits per heavy atom. The molecule has 0 saturated carbocycles. The molecule has 0 unspecified atom stereocenters. The largest absolute Gasteiger partial charge is 0.464 e. The number of hydrogen-bond acceptors (Lipinski definition) is 6. The van der Waals surface area contributed by atoms with E-state index >= 15 is 0 Å². The van der Waals surface area contributed by atoms with E-state index in [-0.39, 0.29) is 18.4 Å². The first-order valence-corrected chi connectivity index (χ1v) is 11.2. The standard InChI is InChI=1S/C22H42N4O5/c1-7-30-20(28)18(13-9-11-15-25-21(29)31-22(4,5)6)26-19(27)16(2)12-8-10-14-24-17(3)23/h16,18H,7-15H2,1-6H3,(H2,23,24)(H,25,29)(H,26,27)/t16-,18-/m0/s1. The van der Waals surface area contributed by atoms with E-state index < -0.39 is 23.7 Å². The molecule has 9 heteroatoms. The molecule has 2 amide bonds. The van der Waals surface area contributed by atoms with Gasteiger partial charge in [0.2, 0.25) is 5.91 Å². The van der Waals surface area contributed by atoms with Crippen LogP contribution in [-0.2, 0) is 19.1 Å². The minimum absolute atomic E-state index is 0.163. The van der Waals surface area contributed by atoms with Gasteiger partial charge in [0.1, 0.15) is 11.6 Å². The van der Waals surface area contributed by atoms with Crippen LogP contribution in [-0.4, -0.2) is 55.1 Å². The van der Waals surface area contributed by atoms with E-state index in [0.717, 1.165) is 12.8 Å². The highest BCUT2D eigenvalue weighted by Gasteiger charge is 2.24. The molecule has 0 spiro atoms. The normalized spacial score (nSPS) is 13.8. The van der Waals surface area contributed by atoms with Crippen molar-refractivity contribution in [1.29, 1.82) is 0 Å². The highest BCUT2D eigenvalue weighted by atomic mass is 16.6. The molecule has 0 aliphatic carbocycles. The summed E-state index contributed by atoms with van der Waals surface area (Å²) in [5.41, 5.74) is 4.96. The number of nitrogens with two attached hydrogens (primary N) is 1. The van der Waals surface area contributed by atoms with Gasteiger partial charge >= 0.3 is 12.1 Å². The molecule has 180 valence electrons. The van der Waals surface area contributed by atoms with Gasteiger partial charge in [0, 0.05) is 19.0 Å². The van der Waals surface area contributed by atoms with Gasteiger partial charge in [-0.15, -0.1) is 0 Å². The van der Waals surface area contributed by atoms with Gasteiger partial charge in [0.15, 0.2) is 0 Å². The smallest absolute Gasteiger partial charge is 0.407 e. The Bertz CT molecular complexity index is 583. The van der Waals surface area contributed by atoms with Gasteiger partial charge in [-0.1, -0.05) is 13.3 Å². The molecule has 0 aromatic heterocycles. The van der Waals surface area contributed by atoms with Crippen molar-refractivity contribution in [1.82, 2.24) is 10.6 Å². The highest BCUT2D eigenvalue weighted by molar-refractivity contribution is 5.85. The summed E-state index contributed by atoms with van der Waals surface area (Å²) in [7, 11) is 0. The van der Waals surface area contributed by atoms with Crippen LogP contribution in [0.4, 0.5) is 4.79 Å². The van der Waals surface area contributed by atoms with E-state index in [4.69, 9.17) is 15.2 Å². The topological polar surface area (TPSA) is 132 Å². The molecule has 0 bridgehead atoms. The molecule has 0 rings (SSSR count). The summed E-state index contributed by atoms with van der Waals surface area (Å²) in [5.74, 6) is -0.252. The Labute approximate surface area is 186 Å². The van der Waals surface area contributed by atoms with Crippen molar-refractivity contribution in [2.24, 2.45) is 16.6 Å². The Hall–Kier alpha value is -2.32. The molecule has 4 N–H and O–H groups in total. The molecule has 31 heavy (non-hydrogen) atoms. The number of nitrogens with zero attached hydrogens (tertiary/aromatic N) is 1. The van der Waals surface area contributed by atoms with Crippen molar-refractivity contribution in [3.05, 3.63) is 0 Å². The second-order valence-corrected chi connectivity index (χ2v) is 8.66. The fourth-order valence-corrected chi connectivity index (χ4v) is 2.73. The first-order chi connectivity index (χ1) is 14.5. The van der Waals surface area contributed by atoms with Crippen LogP contribution in [0.15, 0.2) is 4.99 Å². The predicted molar refractivity (Wildman–Crippen MR) is 122 cm³/mol. The number of amides is 2. The van der Waals surface area contributed by atoms with Crippen molar-refractivity contribution < 1.29 is 23.9 Å². The maximum absolute atomic E-state index is 12.5. The number of amidine groups is 1. The third-order valence-corrected chi connectivity index (χ3v) is 4.33. The highest BCUT2D eigenvalue weighted by Crippen LogP contribution is 2.11. The Balaban J connectivity index is 4.40. The van der Waals surface area contributed by atoms with Gasteiger partial charge in [0.05, 0.1) is 12.4 Å². The third kappa shape index (κ3) is 16.1. The Morgan fingerprint density at radius 1 is 1.06 bits per heavy atom. The van der Waals surface area contributed by atoms with Crippen molar-refractivity contribution in [2.45, 2.75) is 91.7 Å². The fourth-order valence-electron chi connectivity index (χ4n) is 2.73. The molecule has 0 heterocycles.